The van der Waals surface area contributed by atoms with Gasteiger partial charge in [-0.3, -0.25) is 9.69 Å². The first-order chi connectivity index (χ1) is 15.3. The van der Waals surface area contributed by atoms with Crippen LogP contribution in [0.15, 0.2) is 42.5 Å². The maximum Gasteiger partial charge on any atom is 0.348 e. The number of urea groups is 1. The third-order valence-electron chi connectivity index (χ3n) is 5.41. The van der Waals surface area contributed by atoms with Crippen molar-refractivity contribution in [2.24, 2.45) is 0 Å². The molecular formula is C23H18FN3O4S. The number of hydrogen-bond acceptors (Lipinski definition) is 6. The Kier molecular flexibility index (Phi) is 5.40. The second kappa shape index (κ2) is 8.05. The summed E-state index contributed by atoms with van der Waals surface area (Å²) in [6.07, 6.45) is 0. The molecule has 0 saturated carbocycles. The van der Waals surface area contributed by atoms with Gasteiger partial charge >= 0.3 is 12.0 Å². The molecule has 4 rings (SSSR count). The van der Waals surface area contributed by atoms with Gasteiger partial charge in [0.15, 0.2) is 0 Å². The van der Waals surface area contributed by atoms with Crippen LogP contribution in [0.3, 0.4) is 0 Å². The van der Waals surface area contributed by atoms with Crippen LogP contribution in [-0.4, -0.2) is 29.4 Å². The van der Waals surface area contributed by atoms with Crippen molar-refractivity contribution in [2.75, 3.05) is 6.61 Å². The Morgan fingerprint density at radius 3 is 2.62 bits per heavy atom. The highest BCUT2D eigenvalue weighted by Crippen LogP contribution is 2.37. The summed E-state index contributed by atoms with van der Waals surface area (Å²) in [4.78, 5) is 39.8. The molecular weight excluding hydrogens is 433 g/mol. The molecule has 3 amide bonds. The van der Waals surface area contributed by atoms with Crippen molar-refractivity contribution in [3.05, 3.63) is 69.8 Å². The zero-order chi connectivity index (χ0) is 23.0. The van der Waals surface area contributed by atoms with Gasteiger partial charge in [0.05, 0.1) is 24.8 Å². The number of carbonyl (C=O) groups excluding carboxylic acids is 3. The van der Waals surface area contributed by atoms with Crippen molar-refractivity contribution in [1.29, 1.82) is 5.26 Å². The minimum Gasteiger partial charge on any atom is -0.462 e. The largest absolute Gasteiger partial charge is 0.462 e. The van der Waals surface area contributed by atoms with E-state index < -0.39 is 29.3 Å². The van der Waals surface area contributed by atoms with E-state index in [0.29, 0.717) is 15.8 Å². The third-order valence-corrected chi connectivity index (χ3v) is 6.58. The SMILES string of the molecule is CCOC(=O)c1sc2cccc(F)c2c1CN1C(=O)NC(C)(c2ccc(C#N)cc2)C1=O. The molecule has 0 aliphatic carbocycles. The highest BCUT2D eigenvalue weighted by Gasteiger charge is 2.49. The number of hydrogen-bond donors (Lipinski definition) is 1. The Labute approximate surface area is 187 Å². The maximum absolute atomic E-state index is 14.7. The number of thiophene rings is 1. The monoisotopic (exact) mass is 451 g/mol. The molecule has 1 saturated heterocycles. The van der Waals surface area contributed by atoms with Gasteiger partial charge < -0.3 is 10.1 Å². The molecule has 2 aromatic carbocycles. The number of benzene rings is 2. The second-order valence-corrected chi connectivity index (χ2v) is 8.43. The van der Waals surface area contributed by atoms with Crippen LogP contribution < -0.4 is 5.32 Å². The number of imide groups is 1. The van der Waals surface area contributed by atoms with Gasteiger partial charge in [0.25, 0.3) is 5.91 Å². The van der Waals surface area contributed by atoms with E-state index in [1.165, 1.54) is 12.1 Å². The average molecular weight is 451 g/mol. The Hall–Kier alpha value is -3.77. The zero-order valence-corrected chi connectivity index (χ0v) is 18.1. The highest BCUT2D eigenvalue weighted by molar-refractivity contribution is 7.21. The fourth-order valence-corrected chi connectivity index (χ4v) is 4.87. The number of rotatable bonds is 5. The van der Waals surface area contributed by atoms with Crippen LogP contribution in [0.25, 0.3) is 10.1 Å². The molecule has 1 unspecified atom stereocenters. The number of esters is 1. The molecule has 1 aromatic heterocycles. The fraction of sp³-hybridized carbons (Fsp3) is 0.217. The maximum atomic E-state index is 14.7. The molecule has 162 valence electrons. The molecule has 3 aromatic rings. The standard InChI is InChI=1S/C23H18FN3O4S/c1-3-31-20(28)19-15(18-16(24)5-4-6-17(18)32-19)12-27-21(29)23(2,26-22(27)30)14-9-7-13(11-25)8-10-14/h4-10H,3,12H2,1-2H3,(H,26,30). The summed E-state index contributed by atoms with van der Waals surface area (Å²) in [5, 5.41) is 11.9. The normalized spacial score (nSPS) is 18.0. The number of carbonyl (C=O) groups is 3. The molecule has 1 aliphatic rings. The number of nitriles is 1. The van der Waals surface area contributed by atoms with Crippen molar-refractivity contribution >= 4 is 39.3 Å². The number of nitrogens with one attached hydrogen (secondary N) is 1. The number of fused-ring (bicyclic) bond motifs is 1. The highest BCUT2D eigenvalue weighted by atomic mass is 32.1. The topological polar surface area (TPSA) is 99.5 Å². The molecule has 32 heavy (non-hydrogen) atoms. The molecule has 0 radical (unpaired) electrons. The average Bonchev–Trinajstić information content (AvgIpc) is 3.26. The Bertz CT molecular complexity index is 1300. The summed E-state index contributed by atoms with van der Waals surface area (Å²) in [5.74, 6) is -1.73. The van der Waals surface area contributed by atoms with Gasteiger partial charge in [-0.1, -0.05) is 18.2 Å². The van der Waals surface area contributed by atoms with E-state index in [4.69, 9.17) is 10.00 Å². The molecule has 0 bridgehead atoms. The third kappa shape index (κ3) is 3.39. The van der Waals surface area contributed by atoms with E-state index in [1.54, 1.807) is 44.2 Å². The summed E-state index contributed by atoms with van der Waals surface area (Å²) in [7, 11) is 0. The van der Waals surface area contributed by atoms with Gasteiger partial charge in [0.1, 0.15) is 16.2 Å². The van der Waals surface area contributed by atoms with Crippen LogP contribution in [0, 0.1) is 17.1 Å². The summed E-state index contributed by atoms with van der Waals surface area (Å²) < 4.78 is 20.3. The Balaban J connectivity index is 1.75. The van der Waals surface area contributed by atoms with Gasteiger partial charge in [-0.05, 0) is 43.7 Å². The van der Waals surface area contributed by atoms with E-state index in [1.807, 2.05) is 6.07 Å². The smallest absolute Gasteiger partial charge is 0.348 e. The van der Waals surface area contributed by atoms with Crippen molar-refractivity contribution in [3.63, 3.8) is 0 Å². The summed E-state index contributed by atoms with van der Waals surface area (Å²) >= 11 is 1.06. The van der Waals surface area contributed by atoms with Crippen LogP contribution in [0.4, 0.5) is 9.18 Å². The molecule has 7 nitrogen and oxygen atoms in total. The van der Waals surface area contributed by atoms with Gasteiger partial charge in [-0.25, -0.2) is 14.0 Å². The first-order valence-electron chi connectivity index (χ1n) is 9.82. The first-order valence-corrected chi connectivity index (χ1v) is 10.6. The van der Waals surface area contributed by atoms with Crippen LogP contribution in [-0.2, 0) is 21.6 Å². The van der Waals surface area contributed by atoms with Crippen molar-refractivity contribution < 1.29 is 23.5 Å². The minimum atomic E-state index is -1.36. The Morgan fingerprint density at radius 2 is 1.97 bits per heavy atom. The van der Waals surface area contributed by atoms with Gasteiger partial charge in [0.2, 0.25) is 0 Å². The summed E-state index contributed by atoms with van der Waals surface area (Å²) in [6, 6.07) is 12.1. The number of halogens is 1. The lowest BCUT2D eigenvalue weighted by atomic mass is 9.91. The summed E-state index contributed by atoms with van der Waals surface area (Å²) in [6.45, 7) is 3.07. The first kappa shape index (κ1) is 21.5. The molecule has 1 aliphatic heterocycles. The number of nitrogens with zero attached hydrogens (tertiary/aromatic N) is 2. The Morgan fingerprint density at radius 1 is 1.25 bits per heavy atom. The second-order valence-electron chi connectivity index (χ2n) is 7.38. The van der Waals surface area contributed by atoms with E-state index >= 15 is 0 Å². The van der Waals surface area contributed by atoms with Crippen LogP contribution in [0.1, 0.15) is 40.2 Å². The lowest BCUT2D eigenvalue weighted by molar-refractivity contribution is -0.131. The number of amides is 3. The van der Waals surface area contributed by atoms with Crippen LogP contribution >= 0.6 is 11.3 Å². The minimum absolute atomic E-state index is 0.134. The van der Waals surface area contributed by atoms with E-state index in [-0.39, 0.29) is 29.0 Å². The van der Waals surface area contributed by atoms with Crippen molar-refractivity contribution in [3.8, 4) is 6.07 Å². The van der Waals surface area contributed by atoms with Gasteiger partial charge in [-0.2, -0.15) is 5.26 Å². The van der Waals surface area contributed by atoms with Crippen molar-refractivity contribution in [1.82, 2.24) is 10.2 Å². The molecule has 9 heteroatoms. The lowest BCUT2D eigenvalue weighted by Crippen LogP contribution is -2.40. The summed E-state index contributed by atoms with van der Waals surface area (Å²) in [5.41, 5.74) is -0.205. The quantitative estimate of drug-likeness (QED) is 0.466. The molecule has 1 fully saturated rings. The van der Waals surface area contributed by atoms with E-state index in [2.05, 4.69) is 5.32 Å². The van der Waals surface area contributed by atoms with Gasteiger partial charge in [-0.15, -0.1) is 11.3 Å². The van der Waals surface area contributed by atoms with Crippen LogP contribution in [0.5, 0.6) is 0 Å². The predicted molar refractivity (Wildman–Crippen MR) is 115 cm³/mol. The van der Waals surface area contributed by atoms with E-state index in [9.17, 15) is 18.8 Å². The van der Waals surface area contributed by atoms with Gasteiger partial charge in [0, 0.05) is 15.6 Å². The van der Waals surface area contributed by atoms with Crippen molar-refractivity contribution in [2.45, 2.75) is 25.9 Å². The zero-order valence-electron chi connectivity index (χ0n) is 17.3. The van der Waals surface area contributed by atoms with E-state index in [0.717, 1.165) is 16.2 Å². The molecule has 2 heterocycles. The molecule has 1 atom stereocenters. The number of ether oxygens (including phenoxy) is 1. The molecule has 1 N–H and O–H groups in total. The molecule has 0 spiro atoms. The van der Waals surface area contributed by atoms with Crippen LogP contribution in [0.2, 0.25) is 0 Å². The fourth-order valence-electron chi connectivity index (χ4n) is 3.75. The lowest BCUT2D eigenvalue weighted by Gasteiger charge is -2.22. The predicted octanol–water partition coefficient (Wildman–Crippen LogP) is 4.06.